The predicted molar refractivity (Wildman–Crippen MR) is 104 cm³/mol. The maximum atomic E-state index is 12.2. The zero-order valence-electron chi connectivity index (χ0n) is 15.0. The second kappa shape index (κ2) is 9.25. The largest absolute Gasteiger partial charge is 0.497 e. The van der Waals surface area contributed by atoms with Crippen molar-refractivity contribution in [3.8, 4) is 11.4 Å². The molecule has 1 aromatic heterocycles. The van der Waals surface area contributed by atoms with Gasteiger partial charge in [0.15, 0.2) is 11.0 Å². The number of hydrogen-bond donors (Lipinski definition) is 1. The summed E-state index contributed by atoms with van der Waals surface area (Å²) >= 11 is 7.32. The van der Waals surface area contributed by atoms with Gasteiger partial charge in [0.05, 0.1) is 13.7 Å². The standard InChI is InChI=1S/C18H21ClN4O3S/c1-12(19)11-27-18-22-21-16(10-20-17(24)15-4-3-9-26-15)23(18)13-5-7-14(25-2)8-6-13/h5-8,15H,1,3-4,9-11H2,2H3,(H,20,24)/t15-/m0/s1. The summed E-state index contributed by atoms with van der Waals surface area (Å²) in [5.41, 5.74) is 0.866. The third-order valence-electron chi connectivity index (χ3n) is 4.03. The molecule has 0 saturated carbocycles. The lowest BCUT2D eigenvalue weighted by molar-refractivity contribution is -0.130. The molecule has 1 atom stereocenters. The monoisotopic (exact) mass is 408 g/mol. The van der Waals surface area contributed by atoms with Crippen molar-refractivity contribution in [2.75, 3.05) is 19.5 Å². The van der Waals surface area contributed by atoms with E-state index in [0.29, 0.717) is 28.4 Å². The molecule has 144 valence electrons. The van der Waals surface area contributed by atoms with Crippen LogP contribution in [-0.4, -0.2) is 46.2 Å². The Bertz CT molecular complexity index is 803. The van der Waals surface area contributed by atoms with Crippen molar-refractivity contribution in [3.05, 3.63) is 41.7 Å². The maximum absolute atomic E-state index is 12.2. The summed E-state index contributed by atoms with van der Waals surface area (Å²) in [4.78, 5) is 12.2. The molecule has 2 aromatic rings. The van der Waals surface area contributed by atoms with Crippen LogP contribution in [0, 0.1) is 0 Å². The number of carbonyl (C=O) groups is 1. The highest BCUT2D eigenvalue weighted by molar-refractivity contribution is 7.99. The van der Waals surface area contributed by atoms with E-state index in [2.05, 4.69) is 22.1 Å². The third kappa shape index (κ3) is 5.03. The first kappa shape index (κ1) is 19.7. The summed E-state index contributed by atoms with van der Waals surface area (Å²) in [6.07, 6.45) is 1.27. The van der Waals surface area contributed by atoms with Gasteiger partial charge in [-0.25, -0.2) is 0 Å². The molecule has 0 radical (unpaired) electrons. The molecule has 0 bridgehead atoms. The fourth-order valence-electron chi connectivity index (χ4n) is 2.71. The van der Waals surface area contributed by atoms with Gasteiger partial charge in [-0.1, -0.05) is 29.9 Å². The van der Waals surface area contributed by atoms with Crippen LogP contribution in [0.4, 0.5) is 0 Å². The first-order chi connectivity index (χ1) is 13.1. The Morgan fingerprint density at radius 3 is 2.85 bits per heavy atom. The summed E-state index contributed by atoms with van der Waals surface area (Å²) in [5, 5.41) is 12.6. The van der Waals surface area contributed by atoms with E-state index in [4.69, 9.17) is 21.1 Å². The Hall–Kier alpha value is -2.03. The molecule has 3 rings (SSSR count). The average molecular weight is 409 g/mol. The van der Waals surface area contributed by atoms with Crippen molar-refractivity contribution >= 4 is 29.3 Å². The average Bonchev–Trinajstić information content (AvgIpc) is 3.34. The highest BCUT2D eigenvalue weighted by atomic mass is 35.5. The number of halogens is 1. The lowest BCUT2D eigenvalue weighted by Crippen LogP contribution is -2.34. The van der Waals surface area contributed by atoms with Crippen LogP contribution in [0.3, 0.4) is 0 Å². The van der Waals surface area contributed by atoms with Crippen LogP contribution >= 0.6 is 23.4 Å². The van der Waals surface area contributed by atoms with Gasteiger partial charge in [-0.3, -0.25) is 9.36 Å². The number of nitrogens with one attached hydrogen (secondary N) is 1. The molecule has 1 saturated heterocycles. The topological polar surface area (TPSA) is 78.3 Å². The van der Waals surface area contributed by atoms with Crippen LogP contribution < -0.4 is 10.1 Å². The van der Waals surface area contributed by atoms with Crippen molar-refractivity contribution in [2.45, 2.75) is 30.6 Å². The van der Waals surface area contributed by atoms with Crippen molar-refractivity contribution in [1.82, 2.24) is 20.1 Å². The molecule has 0 unspecified atom stereocenters. The fraction of sp³-hybridized carbons (Fsp3) is 0.389. The summed E-state index contributed by atoms with van der Waals surface area (Å²) in [5.74, 6) is 1.76. The van der Waals surface area contributed by atoms with Gasteiger partial charge >= 0.3 is 0 Å². The van der Waals surface area contributed by atoms with Crippen LogP contribution in [0.5, 0.6) is 5.75 Å². The number of hydrogen-bond acceptors (Lipinski definition) is 6. The van der Waals surface area contributed by atoms with Gasteiger partial charge in [-0.15, -0.1) is 10.2 Å². The van der Waals surface area contributed by atoms with Gasteiger partial charge in [0, 0.05) is 23.1 Å². The van der Waals surface area contributed by atoms with Gasteiger partial charge in [0.25, 0.3) is 0 Å². The van der Waals surface area contributed by atoms with E-state index in [1.54, 1.807) is 7.11 Å². The number of ether oxygens (including phenoxy) is 2. The Morgan fingerprint density at radius 2 is 2.22 bits per heavy atom. The van der Waals surface area contributed by atoms with Crippen molar-refractivity contribution in [1.29, 1.82) is 0 Å². The smallest absolute Gasteiger partial charge is 0.249 e. The van der Waals surface area contributed by atoms with Crippen LogP contribution in [0.1, 0.15) is 18.7 Å². The summed E-state index contributed by atoms with van der Waals surface area (Å²) < 4.78 is 12.5. The summed E-state index contributed by atoms with van der Waals surface area (Å²) in [6.45, 7) is 4.58. The second-order valence-electron chi connectivity index (χ2n) is 5.96. The highest BCUT2D eigenvalue weighted by Crippen LogP contribution is 2.25. The Labute approximate surface area is 167 Å². The van der Waals surface area contributed by atoms with Gasteiger partial charge < -0.3 is 14.8 Å². The number of methoxy groups -OCH3 is 1. The molecule has 27 heavy (non-hydrogen) atoms. The quantitative estimate of drug-likeness (QED) is 0.676. The van der Waals surface area contributed by atoms with Gasteiger partial charge in [0.1, 0.15) is 11.9 Å². The molecule has 1 aliphatic rings. The molecule has 1 aliphatic heterocycles. The van der Waals surface area contributed by atoms with Crippen LogP contribution in [0.15, 0.2) is 41.0 Å². The Balaban J connectivity index is 1.81. The number of aromatic nitrogens is 3. The second-order valence-corrected chi connectivity index (χ2v) is 7.43. The molecule has 1 N–H and O–H groups in total. The Kier molecular flexibility index (Phi) is 6.76. The lowest BCUT2D eigenvalue weighted by atomic mass is 10.2. The maximum Gasteiger partial charge on any atom is 0.249 e. The van der Waals surface area contributed by atoms with E-state index in [-0.39, 0.29) is 18.6 Å². The van der Waals surface area contributed by atoms with E-state index in [9.17, 15) is 4.79 Å². The molecule has 0 spiro atoms. The van der Waals surface area contributed by atoms with Crippen LogP contribution in [0.25, 0.3) is 5.69 Å². The third-order valence-corrected chi connectivity index (χ3v) is 5.34. The number of nitrogens with zero attached hydrogens (tertiary/aromatic N) is 3. The zero-order valence-corrected chi connectivity index (χ0v) is 16.6. The number of thioether (sulfide) groups is 1. The van der Waals surface area contributed by atoms with E-state index in [1.165, 1.54) is 11.8 Å². The van der Waals surface area contributed by atoms with E-state index in [0.717, 1.165) is 24.3 Å². The molecule has 1 aromatic carbocycles. The number of carbonyl (C=O) groups excluding carboxylic acids is 1. The summed E-state index contributed by atoms with van der Waals surface area (Å²) in [6, 6.07) is 7.54. The number of rotatable bonds is 8. The molecular weight excluding hydrogens is 388 g/mol. The molecule has 1 fully saturated rings. The molecule has 1 amide bonds. The minimum atomic E-state index is -0.379. The molecule has 0 aliphatic carbocycles. The van der Waals surface area contributed by atoms with Gasteiger partial charge in [-0.05, 0) is 37.1 Å². The number of amides is 1. The SMILES string of the molecule is C=C(Cl)CSc1nnc(CNC(=O)[C@@H]2CCCO2)n1-c1ccc(OC)cc1. The predicted octanol–water partition coefficient (Wildman–Crippen LogP) is 2.92. The lowest BCUT2D eigenvalue weighted by Gasteiger charge is -2.13. The van der Waals surface area contributed by atoms with Crippen molar-refractivity contribution < 1.29 is 14.3 Å². The van der Waals surface area contributed by atoms with E-state index in [1.807, 2.05) is 28.8 Å². The van der Waals surface area contributed by atoms with Crippen molar-refractivity contribution in [3.63, 3.8) is 0 Å². The van der Waals surface area contributed by atoms with E-state index < -0.39 is 0 Å². The summed E-state index contributed by atoms with van der Waals surface area (Å²) in [7, 11) is 1.62. The first-order valence-electron chi connectivity index (χ1n) is 8.52. The van der Waals surface area contributed by atoms with Crippen LogP contribution in [0.2, 0.25) is 0 Å². The molecule has 9 heteroatoms. The normalized spacial score (nSPS) is 16.3. The minimum Gasteiger partial charge on any atom is -0.497 e. The first-order valence-corrected chi connectivity index (χ1v) is 9.89. The Morgan fingerprint density at radius 1 is 1.44 bits per heavy atom. The highest BCUT2D eigenvalue weighted by Gasteiger charge is 2.24. The molecular formula is C18H21ClN4O3S. The molecule has 7 nitrogen and oxygen atoms in total. The van der Waals surface area contributed by atoms with Crippen LogP contribution in [-0.2, 0) is 16.1 Å². The van der Waals surface area contributed by atoms with Crippen molar-refractivity contribution in [2.24, 2.45) is 0 Å². The number of benzene rings is 1. The minimum absolute atomic E-state index is 0.125. The molecule has 2 heterocycles. The van der Waals surface area contributed by atoms with Gasteiger partial charge in [0.2, 0.25) is 5.91 Å². The van der Waals surface area contributed by atoms with E-state index >= 15 is 0 Å². The van der Waals surface area contributed by atoms with Gasteiger partial charge in [-0.2, -0.15) is 0 Å². The fourth-order valence-corrected chi connectivity index (χ4v) is 3.59. The zero-order chi connectivity index (χ0) is 19.2.